The summed E-state index contributed by atoms with van der Waals surface area (Å²) < 4.78 is 11.2. The molecule has 1 saturated heterocycles. The zero-order valence-electron chi connectivity index (χ0n) is 52.6. The van der Waals surface area contributed by atoms with Crippen molar-refractivity contribution in [2.45, 2.75) is 409 Å². The Morgan fingerprint density at radius 1 is 0.425 bits per heavy atom. The third-order valence-corrected chi connectivity index (χ3v) is 17.3. The molecule has 0 bridgehead atoms. The van der Waals surface area contributed by atoms with E-state index in [1.807, 2.05) is 0 Å². The van der Waals surface area contributed by atoms with Crippen molar-refractivity contribution in [3.05, 3.63) is 12.2 Å². The Morgan fingerprint density at radius 3 is 1.07 bits per heavy atom. The Bertz CT molecular complexity index is 1310. The number of hydrogen-bond acceptors (Lipinski definition) is 10. The standard InChI is InChI=1S/C69H135NO10/c1-3-5-7-9-11-13-15-17-19-21-23-25-27-28-29-30-31-32-33-35-36-38-40-42-44-46-48-50-52-54-56-61(72)64(74)60(59-79-69-67(77)66(76)65(75)63(58-71)80-69)70-68(78)62(73)57-55-53-51-49-47-45-43-41-39-37-34-26-24-22-20-18-16-14-12-10-8-6-4-2/h48,50,60-67,69,71-77H,3-47,49,51-59H2,1-2H3,(H,70,78)/b50-48+. The molecule has 0 aromatic rings. The molecule has 8 N–H and O–H groups in total. The van der Waals surface area contributed by atoms with Crippen LogP contribution in [0.2, 0.25) is 0 Å². The summed E-state index contributed by atoms with van der Waals surface area (Å²) in [5.41, 5.74) is 0. The number of carbonyl (C=O) groups is 1. The summed E-state index contributed by atoms with van der Waals surface area (Å²) in [5, 5.41) is 76.5. The number of carbonyl (C=O) groups excluding carboxylic acids is 1. The van der Waals surface area contributed by atoms with E-state index < -0.39 is 74.2 Å². The van der Waals surface area contributed by atoms with Gasteiger partial charge in [0.1, 0.15) is 36.6 Å². The van der Waals surface area contributed by atoms with Gasteiger partial charge >= 0.3 is 0 Å². The van der Waals surface area contributed by atoms with E-state index in [4.69, 9.17) is 9.47 Å². The molecular weight excluding hydrogens is 1000 g/mol. The van der Waals surface area contributed by atoms with Crippen LogP contribution in [0.15, 0.2) is 12.2 Å². The van der Waals surface area contributed by atoms with Gasteiger partial charge in [0.25, 0.3) is 0 Å². The van der Waals surface area contributed by atoms with E-state index in [2.05, 4.69) is 31.3 Å². The normalized spacial score (nSPS) is 19.2. The van der Waals surface area contributed by atoms with E-state index in [1.165, 1.54) is 283 Å². The van der Waals surface area contributed by atoms with Gasteiger partial charge in [-0.3, -0.25) is 4.79 Å². The van der Waals surface area contributed by atoms with Crippen molar-refractivity contribution >= 4 is 5.91 Å². The highest BCUT2D eigenvalue weighted by Gasteiger charge is 2.44. The van der Waals surface area contributed by atoms with E-state index >= 15 is 0 Å². The van der Waals surface area contributed by atoms with Gasteiger partial charge in [-0.05, 0) is 38.5 Å². The molecule has 9 atom stereocenters. The molecular formula is C69H135NO10. The van der Waals surface area contributed by atoms with Gasteiger partial charge in [0.15, 0.2) is 6.29 Å². The molecule has 0 saturated carbocycles. The lowest BCUT2D eigenvalue weighted by atomic mass is 9.98. The number of rotatable bonds is 62. The van der Waals surface area contributed by atoms with Gasteiger partial charge in [-0.15, -0.1) is 0 Å². The average molecular weight is 1140 g/mol. The zero-order chi connectivity index (χ0) is 58.2. The maximum atomic E-state index is 13.2. The van der Waals surface area contributed by atoms with Crippen LogP contribution >= 0.6 is 0 Å². The quantitative estimate of drug-likeness (QED) is 0.0215. The molecule has 11 nitrogen and oxygen atoms in total. The molecule has 1 heterocycles. The van der Waals surface area contributed by atoms with Crippen molar-refractivity contribution in [2.75, 3.05) is 13.2 Å². The number of aliphatic hydroxyl groups excluding tert-OH is 7. The summed E-state index contributed by atoms with van der Waals surface area (Å²) in [5.74, 6) is -0.698. The van der Waals surface area contributed by atoms with Crippen LogP contribution in [0.5, 0.6) is 0 Å². The Hall–Kier alpha value is -1.15. The minimum absolute atomic E-state index is 0.260. The van der Waals surface area contributed by atoms with Gasteiger partial charge in [-0.1, -0.05) is 328 Å². The van der Waals surface area contributed by atoms with Crippen molar-refractivity contribution in [1.29, 1.82) is 0 Å². The SMILES string of the molecule is CCCCCCCCCCCCCCCCCCCCCCCCCCC/C=C/CCCC(O)C(O)C(COC1OC(CO)C(O)C(O)C1O)NC(=O)C(O)CCCCCCCCCCCCCCCCCCCCCCCCC. The fourth-order valence-electron chi connectivity index (χ4n) is 11.7. The van der Waals surface area contributed by atoms with Crippen molar-refractivity contribution in [3.63, 3.8) is 0 Å². The Labute approximate surface area is 493 Å². The Balaban J connectivity index is 2.21. The summed E-state index contributed by atoms with van der Waals surface area (Å²) >= 11 is 0. The first-order chi connectivity index (χ1) is 39.2. The summed E-state index contributed by atoms with van der Waals surface area (Å²) in [4.78, 5) is 13.2. The van der Waals surface area contributed by atoms with Gasteiger partial charge in [-0.2, -0.15) is 0 Å². The molecule has 476 valence electrons. The van der Waals surface area contributed by atoms with Gasteiger partial charge in [0.2, 0.25) is 5.91 Å². The third-order valence-electron chi connectivity index (χ3n) is 17.3. The van der Waals surface area contributed by atoms with Crippen molar-refractivity contribution < 1.29 is 50.0 Å². The highest BCUT2D eigenvalue weighted by Crippen LogP contribution is 2.24. The highest BCUT2D eigenvalue weighted by molar-refractivity contribution is 5.80. The van der Waals surface area contributed by atoms with Crippen molar-refractivity contribution in [3.8, 4) is 0 Å². The fourth-order valence-corrected chi connectivity index (χ4v) is 11.7. The first kappa shape index (κ1) is 76.9. The second kappa shape index (κ2) is 58.2. The van der Waals surface area contributed by atoms with Crippen molar-refractivity contribution in [2.24, 2.45) is 0 Å². The van der Waals surface area contributed by atoms with Gasteiger partial charge in [0, 0.05) is 0 Å². The molecule has 80 heavy (non-hydrogen) atoms. The minimum atomic E-state index is -1.67. The van der Waals surface area contributed by atoms with E-state index in [1.54, 1.807) is 0 Å². The topological polar surface area (TPSA) is 189 Å². The third kappa shape index (κ3) is 45.2. The zero-order valence-corrected chi connectivity index (χ0v) is 52.6. The maximum absolute atomic E-state index is 13.2. The molecule has 0 aromatic carbocycles. The Morgan fingerprint density at radius 2 is 0.738 bits per heavy atom. The van der Waals surface area contributed by atoms with Gasteiger partial charge < -0.3 is 50.5 Å². The van der Waals surface area contributed by atoms with E-state index in [0.717, 1.165) is 32.1 Å². The molecule has 1 aliphatic heterocycles. The molecule has 1 aliphatic rings. The lowest BCUT2D eigenvalue weighted by molar-refractivity contribution is -0.303. The monoisotopic (exact) mass is 1140 g/mol. The lowest BCUT2D eigenvalue weighted by Gasteiger charge is -2.40. The number of allylic oxidation sites excluding steroid dienone is 2. The fraction of sp³-hybridized carbons (Fsp3) is 0.957. The van der Waals surface area contributed by atoms with E-state index in [-0.39, 0.29) is 12.8 Å². The van der Waals surface area contributed by atoms with Crippen LogP contribution in [0, 0.1) is 0 Å². The van der Waals surface area contributed by atoms with Crippen LogP contribution in [0.1, 0.15) is 354 Å². The summed E-state index contributed by atoms with van der Waals surface area (Å²) in [7, 11) is 0. The molecule has 1 amide bonds. The minimum Gasteiger partial charge on any atom is -0.394 e. The number of unbranched alkanes of at least 4 members (excludes halogenated alkanes) is 48. The van der Waals surface area contributed by atoms with Crippen LogP contribution in [0.4, 0.5) is 0 Å². The first-order valence-electron chi connectivity index (χ1n) is 35.1. The maximum Gasteiger partial charge on any atom is 0.249 e. The Kier molecular flexibility index (Phi) is 56.0. The summed E-state index contributed by atoms with van der Waals surface area (Å²) in [6, 6.07) is -1.18. The predicted octanol–water partition coefficient (Wildman–Crippen LogP) is 16.6. The number of hydrogen-bond donors (Lipinski definition) is 8. The number of aliphatic hydroxyl groups is 7. The second-order valence-electron chi connectivity index (χ2n) is 25.0. The number of amides is 1. The van der Waals surface area contributed by atoms with Crippen LogP contribution in [-0.2, 0) is 14.3 Å². The molecule has 0 aliphatic carbocycles. The molecule has 0 aromatic heterocycles. The number of nitrogens with one attached hydrogen (secondary N) is 1. The molecule has 11 heteroatoms. The van der Waals surface area contributed by atoms with Crippen LogP contribution < -0.4 is 5.32 Å². The summed E-state index contributed by atoms with van der Waals surface area (Å²) in [6.07, 6.45) is 60.2. The largest absolute Gasteiger partial charge is 0.394 e. The first-order valence-corrected chi connectivity index (χ1v) is 35.1. The molecule has 0 radical (unpaired) electrons. The van der Waals surface area contributed by atoms with Gasteiger partial charge in [0.05, 0.1) is 25.4 Å². The molecule has 9 unspecified atom stereocenters. The average Bonchev–Trinajstić information content (AvgIpc) is 3.47. The van der Waals surface area contributed by atoms with Crippen LogP contribution in [0.3, 0.4) is 0 Å². The van der Waals surface area contributed by atoms with Crippen molar-refractivity contribution in [1.82, 2.24) is 5.32 Å². The van der Waals surface area contributed by atoms with Gasteiger partial charge in [-0.25, -0.2) is 0 Å². The molecule has 1 rings (SSSR count). The molecule has 0 spiro atoms. The second-order valence-corrected chi connectivity index (χ2v) is 25.0. The van der Waals surface area contributed by atoms with Crippen LogP contribution in [-0.4, -0.2) is 110 Å². The smallest absolute Gasteiger partial charge is 0.249 e. The van der Waals surface area contributed by atoms with E-state index in [9.17, 15) is 40.5 Å². The predicted molar refractivity (Wildman–Crippen MR) is 335 cm³/mol. The highest BCUT2D eigenvalue weighted by atomic mass is 16.7. The lowest BCUT2D eigenvalue weighted by Crippen LogP contribution is -2.60. The summed E-state index contributed by atoms with van der Waals surface area (Å²) in [6.45, 7) is 3.51. The van der Waals surface area contributed by atoms with E-state index in [0.29, 0.717) is 12.8 Å². The molecule has 1 fully saturated rings. The van der Waals surface area contributed by atoms with Crippen LogP contribution in [0.25, 0.3) is 0 Å². The number of ether oxygens (including phenoxy) is 2.